The van der Waals surface area contributed by atoms with E-state index in [-0.39, 0.29) is 30.8 Å². The number of benzene rings is 1. The van der Waals surface area contributed by atoms with Gasteiger partial charge >= 0.3 is 0 Å². The van der Waals surface area contributed by atoms with Crippen LogP contribution in [0.3, 0.4) is 0 Å². The van der Waals surface area contributed by atoms with Crippen LogP contribution in [0.25, 0.3) is 0 Å². The Bertz CT molecular complexity index is 657. The summed E-state index contributed by atoms with van der Waals surface area (Å²) < 4.78 is 23.2. The molecule has 0 aliphatic rings. The molecule has 0 aromatic heterocycles. The third-order valence-electron chi connectivity index (χ3n) is 2.86. The maximum atomic E-state index is 13.5. The van der Waals surface area contributed by atoms with Crippen molar-refractivity contribution in [1.29, 1.82) is 0 Å². The summed E-state index contributed by atoms with van der Waals surface area (Å²) in [5.41, 5.74) is 0.458. The second-order valence-electron chi connectivity index (χ2n) is 5.20. The maximum absolute atomic E-state index is 13.5. The van der Waals surface area contributed by atoms with Crippen LogP contribution in [-0.2, 0) is 25.7 Å². The van der Waals surface area contributed by atoms with E-state index in [1.165, 1.54) is 19.1 Å². The molecule has 2 amide bonds. The average Bonchev–Trinajstić information content (AvgIpc) is 2.64. The average molecular weight is 378 g/mol. The molecular formula is C20H27FN2O4. The van der Waals surface area contributed by atoms with Gasteiger partial charge < -0.3 is 20.1 Å². The molecule has 1 aromatic rings. The van der Waals surface area contributed by atoms with Crippen molar-refractivity contribution in [2.75, 3.05) is 27.3 Å². The molecule has 0 bridgehead atoms. The van der Waals surface area contributed by atoms with Gasteiger partial charge in [0.15, 0.2) is 0 Å². The minimum atomic E-state index is -0.321. The van der Waals surface area contributed by atoms with Gasteiger partial charge in [0.05, 0.1) is 6.54 Å². The predicted molar refractivity (Wildman–Crippen MR) is 103 cm³/mol. The molecule has 6 nitrogen and oxygen atoms in total. The number of hydrogen-bond acceptors (Lipinski definition) is 4. The Labute approximate surface area is 159 Å². The van der Waals surface area contributed by atoms with Crippen molar-refractivity contribution in [3.63, 3.8) is 0 Å². The van der Waals surface area contributed by atoms with Crippen LogP contribution in [0.15, 0.2) is 60.9 Å². The first-order valence-electron chi connectivity index (χ1n) is 8.21. The Hall–Kier alpha value is -2.93. The fraction of sp³-hybridized carbons (Fsp3) is 0.300. The summed E-state index contributed by atoms with van der Waals surface area (Å²) in [6.45, 7) is 5.34. The van der Waals surface area contributed by atoms with E-state index in [4.69, 9.17) is 4.74 Å². The number of ether oxygens (including phenoxy) is 2. The number of carbonyl (C=O) groups is 2. The van der Waals surface area contributed by atoms with Crippen molar-refractivity contribution in [1.82, 2.24) is 10.6 Å². The molecule has 2 N–H and O–H groups in total. The molecule has 0 unspecified atom stereocenters. The van der Waals surface area contributed by atoms with Crippen molar-refractivity contribution in [2.24, 2.45) is 0 Å². The van der Waals surface area contributed by atoms with Gasteiger partial charge in [-0.25, -0.2) is 4.39 Å². The number of hydrogen-bond donors (Lipinski definition) is 2. The molecule has 148 valence electrons. The SMILES string of the molecule is C=C/C(=C\C=C\CNC(=O)CNC(C)=O)OCc1ccccc1F.COC. The second-order valence-corrected chi connectivity index (χ2v) is 5.20. The van der Waals surface area contributed by atoms with Crippen LogP contribution >= 0.6 is 0 Å². The molecule has 0 aliphatic heterocycles. The zero-order valence-electron chi connectivity index (χ0n) is 16.0. The Morgan fingerprint density at radius 1 is 1.22 bits per heavy atom. The van der Waals surface area contributed by atoms with E-state index in [2.05, 4.69) is 21.9 Å². The van der Waals surface area contributed by atoms with E-state index in [9.17, 15) is 14.0 Å². The summed E-state index contributed by atoms with van der Waals surface area (Å²) >= 11 is 0. The van der Waals surface area contributed by atoms with Crippen LogP contribution < -0.4 is 10.6 Å². The first-order chi connectivity index (χ1) is 12.9. The zero-order valence-corrected chi connectivity index (χ0v) is 16.0. The highest BCUT2D eigenvalue weighted by Gasteiger charge is 2.01. The van der Waals surface area contributed by atoms with E-state index >= 15 is 0 Å². The molecule has 0 fully saturated rings. The van der Waals surface area contributed by atoms with E-state index < -0.39 is 0 Å². The van der Waals surface area contributed by atoms with Crippen molar-refractivity contribution in [3.8, 4) is 0 Å². The third kappa shape index (κ3) is 13.0. The highest BCUT2D eigenvalue weighted by Crippen LogP contribution is 2.10. The second kappa shape index (κ2) is 15.3. The number of methoxy groups -OCH3 is 1. The Balaban J connectivity index is 0.00000210. The van der Waals surface area contributed by atoms with E-state index in [0.29, 0.717) is 17.9 Å². The van der Waals surface area contributed by atoms with Crippen molar-refractivity contribution < 1.29 is 23.5 Å². The van der Waals surface area contributed by atoms with E-state index in [1.807, 2.05) is 0 Å². The number of halogens is 1. The van der Waals surface area contributed by atoms with Gasteiger partial charge in [-0.3, -0.25) is 9.59 Å². The number of rotatable bonds is 9. The van der Waals surface area contributed by atoms with Gasteiger partial charge in [-0.05, 0) is 18.2 Å². The monoisotopic (exact) mass is 378 g/mol. The van der Waals surface area contributed by atoms with Crippen LogP contribution in [0.5, 0.6) is 0 Å². The smallest absolute Gasteiger partial charge is 0.239 e. The predicted octanol–water partition coefficient (Wildman–Crippen LogP) is 2.48. The largest absolute Gasteiger partial charge is 0.489 e. The molecule has 27 heavy (non-hydrogen) atoms. The van der Waals surface area contributed by atoms with Crippen LogP contribution in [0, 0.1) is 5.82 Å². The standard InChI is InChI=1S/C18H21FN2O3.C2H6O/c1-3-16(24-13-15-8-4-5-10-17(15)19)9-6-7-11-20-18(23)12-21-14(2)22;1-3-2/h3-10H,1,11-13H2,2H3,(H,20,23)(H,21,22);1-2H3/b7-6+,16-9+;. The molecular weight excluding hydrogens is 351 g/mol. The van der Waals surface area contributed by atoms with Gasteiger partial charge in [-0.1, -0.05) is 36.9 Å². The number of allylic oxidation sites excluding steroid dienone is 3. The lowest BCUT2D eigenvalue weighted by molar-refractivity contribution is -0.124. The first kappa shape index (κ1) is 24.1. The highest BCUT2D eigenvalue weighted by molar-refractivity contribution is 5.83. The number of nitrogens with one attached hydrogen (secondary N) is 2. The Morgan fingerprint density at radius 3 is 2.48 bits per heavy atom. The van der Waals surface area contributed by atoms with Gasteiger partial charge in [-0.2, -0.15) is 0 Å². The third-order valence-corrected chi connectivity index (χ3v) is 2.86. The molecule has 0 atom stereocenters. The molecule has 0 saturated carbocycles. The summed E-state index contributed by atoms with van der Waals surface area (Å²) in [7, 11) is 3.25. The quantitative estimate of drug-likeness (QED) is 0.511. The summed E-state index contributed by atoms with van der Waals surface area (Å²) in [4.78, 5) is 22.0. The zero-order chi connectivity index (χ0) is 20.5. The fourth-order valence-electron chi connectivity index (χ4n) is 1.62. The Kier molecular flexibility index (Phi) is 13.7. The molecule has 0 heterocycles. The van der Waals surface area contributed by atoms with Gasteiger partial charge in [0.1, 0.15) is 18.2 Å². The molecule has 1 aromatic carbocycles. The van der Waals surface area contributed by atoms with Crippen LogP contribution in [0.4, 0.5) is 4.39 Å². The summed E-state index contributed by atoms with van der Waals surface area (Å²) in [6, 6.07) is 6.38. The highest BCUT2D eigenvalue weighted by atomic mass is 19.1. The van der Waals surface area contributed by atoms with Crippen molar-refractivity contribution in [3.05, 3.63) is 72.3 Å². The fourth-order valence-corrected chi connectivity index (χ4v) is 1.62. The van der Waals surface area contributed by atoms with Crippen molar-refractivity contribution >= 4 is 11.8 Å². The van der Waals surface area contributed by atoms with Crippen LogP contribution in [0.2, 0.25) is 0 Å². The molecule has 0 radical (unpaired) electrons. The lowest BCUT2D eigenvalue weighted by atomic mass is 10.2. The summed E-state index contributed by atoms with van der Waals surface area (Å²) in [5, 5.41) is 5.01. The lowest BCUT2D eigenvalue weighted by Crippen LogP contribution is -2.35. The van der Waals surface area contributed by atoms with Gasteiger partial charge in [0.2, 0.25) is 11.8 Å². The summed E-state index contributed by atoms with van der Waals surface area (Å²) in [5.74, 6) is -0.373. The van der Waals surface area contributed by atoms with Crippen LogP contribution in [0.1, 0.15) is 12.5 Å². The van der Waals surface area contributed by atoms with Crippen molar-refractivity contribution in [2.45, 2.75) is 13.5 Å². The molecule has 1 rings (SSSR count). The normalized spacial score (nSPS) is 10.6. The minimum Gasteiger partial charge on any atom is -0.489 e. The molecule has 7 heteroatoms. The molecule has 0 spiro atoms. The number of amides is 2. The van der Waals surface area contributed by atoms with E-state index in [0.717, 1.165) is 0 Å². The minimum absolute atomic E-state index is 0.0529. The van der Waals surface area contributed by atoms with Gasteiger partial charge in [0, 0.05) is 33.3 Å². The van der Waals surface area contributed by atoms with E-state index in [1.54, 1.807) is 50.6 Å². The Morgan fingerprint density at radius 2 is 1.89 bits per heavy atom. The molecule has 0 saturated heterocycles. The number of carbonyl (C=O) groups excluding carboxylic acids is 2. The lowest BCUT2D eigenvalue weighted by Gasteiger charge is -2.07. The topological polar surface area (TPSA) is 76.7 Å². The summed E-state index contributed by atoms with van der Waals surface area (Å²) in [6.07, 6.45) is 6.58. The van der Waals surface area contributed by atoms with Crippen LogP contribution in [-0.4, -0.2) is 39.1 Å². The van der Waals surface area contributed by atoms with Gasteiger partial charge in [0.25, 0.3) is 0 Å². The first-order valence-corrected chi connectivity index (χ1v) is 8.21. The maximum Gasteiger partial charge on any atom is 0.239 e. The van der Waals surface area contributed by atoms with Gasteiger partial charge in [-0.15, -0.1) is 0 Å². The molecule has 0 aliphatic carbocycles.